The summed E-state index contributed by atoms with van der Waals surface area (Å²) in [6.07, 6.45) is 0.504. The maximum Gasteiger partial charge on any atom is 0.264 e. The molecule has 1 aromatic heterocycles. The van der Waals surface area contributed by atoms with Crippen molar-refractivity contribution >= 4 is 27.3 Å². The summed E-state index contributed by atoms with van der Waals surface area (Å²) in [5, 5.41) is 2.88. The van der Waals surface area contributed by atoms with Crippen LogP contribution >= 0.6 is 0 Å². The third kappa shape index (κ3) is 4.40. The Morgan fingerprint density at radius 3 is 2.56 bits per heavy atom. The number of rotatable bonds is 5. The normalized spacial score (nSPS) is 14.9. The van der Waals surface area contributed by atoms with Crippen molar-refractivity contribution in [3.8, 4) is 11.4 Å². The minimum absolute atomic E-state index is 0.232. The van der Waals surface area contributed by atoms with Crippen LogP contribution in [-0.4, -0.2) is 30.3 Å². The standard InChI is InChI=1S/C27H24N4O4S/c1-17-13-25(32)30-26(28-17)19-7-6-8-22(16-19)29-27(33)20-11-12-24-21(15-20)14-18(2)31(24)36(34,35)23-9-4-3-5-10-23/h3-13,15-16,18H,14H2,1-2H3,(H,29,33)(H,28,30,32). The summed E-state index contributed by atoms with van der Waals surface area (Å²) in [4.78, 5) is 32.1. The maximum atomic E-state index is 13.3. The molecule has 9 heteroatoms. The molecule has 1 aliphatic rings. The van der Waals surface area contributed by atoms with E-state index in [9.17, 15) is 18.0 Å². The second-order valence-electron chi connectivity index (χ2n) is 8.78. The summed E-state index contributed by atoms with van der Waals surface area (Å²) in [5.74, 6) is 0.0972. The number of nitrogens with one attached hydrogen (secondary N) is 2. The molecular weight excluding hydrogens is 476 g/mol. The summed E-state index contributed by atoms with van der Waals surface area (Å²) in [7, 11) is -3.72. The van der Waals surface area contributed by atoms with Crippen LogP contribution in [0.25, 0.3) is 11.4 Å². The first kappa shape index (κ1) is 23.5. The van der Waals surface area contributed by atoms with Gasteiger partial charge in [-0.2, -0.15) is 0 Å². The molecule has 1 amide bonds. The van der Waals surface area contributed by atoms with Crippen LogP contribution in [0.5, 0.6) is 0 Å². The molecule has 0 aliphatic carbocycles. The molecule has 1 atom stereocenters. The number of anilines is 2. The predicted molar refractivity (Wildman–Crippen MR) is 139 cm³/mol. The molecule has 1 aliphatic heterocycles. The van der Waals surface area contributed by atoms with Gasteiger partial charge in [-0.15, -0.1) is 0 Å². The van der Waals surface area contributed by atoms with E-state index in [0.29, 0.717) is 40.4 Å². The Morgan fingerprint density at radius 1 is 1.03 bits per heavy atom. The van der Waals surface area contributed by atoms with Crippen LogP contribution in [0.2, 0.25) is 0 Å². The van der Waals surface area contributed by atoms with Crippen LogP contribution in [0.4, 0.5) is 11.4 Å². The van der Waals surface area contributed by atoms with Gasteiger partial charge in [0.05, 0.1) is 10.6 Å². The largest absolute Gasteiger partial charge is 0.322 e. The smallest absolute Gasteiger partial charge is 0.264 e. The highest BCUT2D eigenvalue weighted by Crippen LogP contribution is 2.37. The molecule has 0 radical (unpaired) electrons. The maximum absolute atomic E-state index is 13.3. The van der Waals surface area contributed by atoms with Gasteiger partial charge in [0.2, 0.25) is 0 Å². The van der Waals surface area contributed by atoms with E-state index in [1.54, 1.807) is 79.7 Å². The minimum atomic E-state index is -3.72. The second kappa shape index (κ2) is 9.09. The summed E-state index contributed by atoms with van der Waals surface area (Å²) < 4.78 is 28.0. The Kier molecular flexibility index (Phi) is 5.93. The Morgan fingerprint density at radius 2 is 1.81 bits per heavy atom. The van der Waals surface area contributed by atoms with Crippen molar-refractivity contribution in [3.05, 3.63) is 106 Å². The molecule has 0 bridgehead atoms. The molecule has 8 nitrogen and oxygen atoms in total. The fourth-order valence-electron chi connectivity index (χ4n) is 4.48. The molecule has 2 heterocycles. The van der Waals surface area contributed by atoms with E-state index in [0.717, 1.165) is 5.56 Å². The molecule has 1 unspecified atom stereocenters. The van der Waals surface area contributed by atoms with E-state index >= 15 is 0 Å². The van der Waals surface area contributed by atoms with Crippen LogP contribution in [-0.2, 0) is 16.4 Å². The molecule has 2 N–H and O–H groups in total. The van der Waals surface area contributed by atoms with E-state index in [4.69, 9.17) is 0 Å². The third-order valence-corrected chi connectivity index (χ3v) is 8.00. The number of fused-ring (bicyclic) bond motifs is 1. The number of hydrogen-bond donors (Lipinski definition) is 2. The first-order valence-electron chi connectivity index (χ1n) is 11.4. The third-order valence-electron chi connectivity index (χ3n) is 6.06. The number of aromatic nitrogens is 2. The SMILES string of the molecule is Cc1cc(=O)[nH]c(-c2cccc(NC(=O)c3ccc4c(c3)CC(C)N4S(=O)(=O)c3ccccc3)c2)n1. The van der Waals surface area contributed by atoms with Gasteiger partial charge in [0, 0.05) is 34.6 Å². The quantitative estimate of drug-likeness (QED) is 0.428. The average Bonchev–Trinajstić information content (AvgIpc) is 3.19. The average molecular weight is 501 g/mol. The molecule has 4 aromatic rings. The summed E-state index contributed by atoms with van der Waals surface area (Å²) in [6, 6.07) is 21.6. The summed E-state index contributed by atoms with van der Waals surface area (Å²) >= 11 is 0. The summed E-state index contributed by atoms with van der Waals surface area (Å²) in [5.41, 5.74) is 3.36. The fraction of sp³-hybridized carbons (Fsp3) is 0.148. The van der Waals surface area contributed by atoms with E-state index in [2.05, 4.69) is 15.3 Å². The van der Waals surface area contributed by atoms with Crippen LogP contribution in [0.15, 0.2) is 88.6 Å². The number of benzene rings is 3. The van der Waals surface area contributed by atoms with Crippen LogP contribution in [0, 0.1) is 6.92 Å². The lowest BCUT2D eigenvalue weighted by atomic mass is 10.1. The first-order chi connectivity index (χ1) is 17.2. The number of hydrogen-bond acceptors (Lipinski definition) is 5. The van der Waals surface area contributed by atoms with Gasteiger partial charge < -0.3 is 10.3 Å². The van der Waals surface area contributed by atoms with Crippen molar-refractivity contribution in [2.24, 2.45) is 0 Å². The zero-order valence-electron chi connectivity index (χ0n) is 19.7. The number of carbonyl (C=O) groups excluding carboxylic acids is 1. The van der Waals surface area contributed by atoms with Gasteiger partial charge in [-0.05, 0) is 68.3 Å². The molecule has 182 valence electrons. The fourth-order valence-corrected chi connectivity index (χ4v) is 6.19. The Hall–Kier alpha value is -4.24. The van der Waals surface area contributed by atoms with E-state index < -0.39 is 10.0 Å². The monoisotopic (exact) mass is 500 g/mol. The van der Waals surface area contributed by atoms with Crippen molar-refractivity contribution in [2.75, 3.05) is 9.62 Å². The minimum Gasteiger partial charge on any atom is -0.322 e. The van der Waals surface area contributed by atoms with Crippen molar-refractivity contribution in [2.45, 2.75) is 31.2 Å². The Balaban J connectivity index is 1.40. The number of carbonyl (C=O) groups is 1. The number of nitrogens with zero attached hydrogens (tertiary/aromatic N) is 2. The van der Waals surface area contributed by atoms with Gasteiger partial charge in [0.25, 0.3) is 21.5 Å². The lowest BCUT2D eigenvalue weighted by Crippen LogP contribution is -2.35. The molecule has 5 rings (SSSR count). The molecule has 0 saturated carbocycles. The van der Waals surface area contributed by atoms with Gasteiger partial charge in [-0.25, -0.2) is 13.4 Å². The number of amides is 1. The van der Waals surface area contributed by atoms with Crippen molar-refractivity contribution < 1.29 is 13.2 Å². The zero-order chi connectivity index (χ0) is 25.4. The predicted octanol–water partition coefficient (Wildman–Crippen LogP) is 4.14. The van der Waals surface area contributed by atoms with E-state index in [-0.39, 0.29) is 22.4 Å². The number of aromatic amines is 1. The van der Waals surface area contributed by atoms with Crippen molar-refractivity contribution in [1.82, 2.24) is 9.97 Å². The Bertz CT molecular complexity index is 1630. The molecular formula is C27H24N4O4S. The van der Waals surface area contributed by atoms with Crippen molar-refractivity contribution in [3.63, 3.8) is 0 Å². The van der Waals surface area contributed by atoms with Gasteiger partial charge in [-0.1, -0.05) is 30.3 Å². The van der Waals surface area contributed by atoms with Gasteiger partial charge in [0.1, 0.15) is 5.82 Å². The van der Waals surface area contributed by atoms with E-state index in [1.165, 1.54) is 10.4 Å². The van der Waals surface area contributed by atoms with E-state index in [1.807, 2.05) is 6.92 Å². The van der Waals surface area contributed by atoms with Crippen molar-refractivity contribution in [1.29, 1.82) is 0 Å². The Labute approximate surface area is 208 Å². The highest BCUT2D eigenvalue weighted by atomic mass is 32.2. The molecule has 0 saturated heterocycles. The number of H-pyrrole nitrogens is 1. The summed E-state index contributed by atoms with van der Waals surface area (Å²) in [6.45, 7) is 3.60. The molecule has 0 fully saturated rings. The van der Waals surface area contributed by atoms with Gasteiger partial charge in [0.15, 0.2) is 0 Å². The number of aryl methyl sites for hydroxylation is 1. The highest BCUT2D eigenvalue weighted by Gasteiger charge is 2.36. The highest BCUT2D eigenvalue weighted by molar-refractivity contribution is 7.92. The lowest BCUT2D eigenvalue weighted by Gasteiger charge is -2.24. The number of sulfonamides is 1. The first-order valence-corrected chi connectivity index (χ1v) is 12.9. The lowest BCUT2D eigenvalue weighted by molar-refractivity contribution is 0.102. The molecule has 0 spiro atoms. The zero-order valence-corrected chi connectivity index (χ0v) is 20.5. The van der Waals surface area contributed by atoms with Crippen LogP contribution in [0.3, 0.4) is 0 Å². The van der Waals surface area contributed by atoms with Gasteiger partial charge in [-0.3, -0.25) is 13.9 Å². The van der Waals surface area contributed by atoms with Gasteiger partial charge >= 0.3 is 0 Å². The van der Waals surface area contributed by atoms with Crippen LogP contribution < -0.4 is 15.2 Å². The second-order valence-corrected chi connectivity index (χ2v) is 10.6. The molecule has 36 heavy (non-hydrogen) atoms. The molecule has 3 aromatic carbocycles. The topological polar surface area (TPSA) is 112 Å². The van der Waals surface area contributed by atoms with Crippen LogP contribution in [0.1, 0.15) is 28.5 Å².